The second kappa shape index (κ2) is 4.50. The maximum Gasteiger partial charge on any atom is 0.143 e. The van der Waals surface area contributed by atoms with Gasteiger partial charge in [0.1, 0.15) is 11.6 Å². The molecule has 1 aromatic rings. The minimum atomic E-state index is -0.443. The van der Waals surface area contributed by atoms with Crippen molar-refractivity contribution in [3.63, 3.8) is 0 Å². The molecule has 0 aromatic heterocycles. The molecule has 2 unspecified atom stereocenters. The van der Waals surface area contributed by atoms with Gasteiger partial charge < -0.3 is 0 Å². The van der Waals surface area contributed by atoms with Gasteiger partial charge in [-0.15, -0.1) is 0 Å². The van der Waals surface area contributed by atoms with E-state index in [9.17, 15) is 8.78 Å². The summed E-state index contributed by atoms with van der Waals surface area (Å²) in [6.07, 6.45) is 2.64. The van der Waals surface area contributed by atoms with Crippen LogP contribution in [0.2, 0.25) is 0 Å². The Kier molecular flexibility index (Phi) is 3.45. The van der Waals surface area contributed by atoms with Crippen LogP contribution in [0.15, 0.2) is 16.6 Å². The summed E-state index contributed by atoms with van der Waals surface area (Å²) in [5, 5.41) is 0. The summed E-state index contributed by atoms with van der Waals surface area (Å²) in [4.78, 5) is 0.389. The Bertz CT molecular complexity index is 379. The molecule has 0 aliphatic heterocycles. The van der Waals surface area contributed by atoms with E-state index in [1.807, 2.05) is 0 Å². The van der Waals surface area contributed by atoms with Crippen molar-refractivity contribution in [1.82, 2.24) is 0 Å². The van der Waals surface area contributed by atoms with Crippen molar-refractivity contribution < 1.29 is 8.78 Å². The van der Waals surface area contributed by atoms with Gasteiger partial charge in [0.05, 0.1) is 4.47 Å². The Balaban J connectivity index is 2.39. The zero-order valence-corrected chi connectivity index (χ0v) is 11.1. The van der Waals surface area contributed by atoms with Gasteiger partial charge in [-0.1, -0.05) is 15.9 Å². The van der Waals surface area contributed by atoms with Gasteiger partial charge in [-0.05, 0) is 53.2 Å². The smallest absolute Gasteiger partial charge is 0.143 e. The molecule has 0 spiro atoms. The highest BCUT2D eigenvalue weighted by Crippen LogP contribution is 2.41. The van der Waals surface area contributed by atoms with Crippen LogP contribution in [0, 0.1) is 11.6 Å². The minimum Gasteiger partial charge on any atom is -0.207 e. The highest BCUT2D eigenvalue weighted by atomic mass is 79.9. The molecule has 0 radical (unpaired) electrons. The van der Waals surface area contributed by atoms with Crippen molar-refractivity contribution in [3.8, 4) is 0 Å². The fraction of sp³-hybridized carbons (Fsp3) is 0.455. The fourth-order valence-corrected chi connectivity index (χ4v) is 3.17. The second-order valence-corrected chi connectivity index (χ2v) is 6.01. The summed E-state index contributed by atoms with van der Waals surface area (Å²) in [7, 11) is 0. The van der Waals surface area contributed by atoms with Gasteiger partial charge in [-0.25, -0.2) is 8.78 Å². The molecular weight excluding hydrogens is 330 g/mol. The zero-order chi connectivity index (χ0) is 11.0. The maximum absolute atomic E-state index is 13.7. The monoisotopic (exact) mass is 338 g/mol. The number of hydrogen-bond acceptors (Lipinski definition) is 0. The predicted molar refractivity (Wildman–Crippen MR) is 63.4 cm³/mol. The first kappa shape index (κ1) is 11.5. The highest BCUT2D eigenvalue weighted by molar-refractivity contribution is 9.10. The van der Waals surface area contributed by atoms with Crippen molar-refractivity contribution in [2.45, 2.75) is 30.0 Å². The Morgan fingerprint density at radius 2 is 1.93 bits per heavy atom. The summed E-state index contributed by atoms with van der Waals surface area (Å²) >= 11 is 6.58. The van der Waals surface area contributed by atoms with Crippen molar-refractivity contribution in [2.75, 3.05) is 0 Å². The van der Waals surface area contributed by atoms with Crippen molar-refractivity contribution in [3.05, 3.63) is 33.8 Å². The SMILES string of the molecule is Fc1ccc(Br)c(F)c1C1CCC(Br)C1. The van der Waals surface area contributed by atoms with Crippen LogP contribution in [0.1, 0.15) is 30.7 Å². The molecule has 0 heterocycles. The van der Waals surface area contributed by atoms with E-state index in [1.54, 1.807) is 0 Å². The maximum atomic E-state index is 13.7. The molecule has 2 atom stereocenters. The average molecular weight is 340 g/mol. The molecule has 0 N–H and O–H groups in total. The summed E-state index contributed by atoms with van der Waals surface area (Å²) in [5.41, 5.74) is 0.242. The number of alkyl halides is 1. The van der Waals surface area contributed by atoms with Crippen molar-refractivity contribution in [1.29, 1.82) is 0 Å². The van der Waals surface area contributed by atoms with E-state index in [0.717, 1.165) is 19.3 Å². The zero-order valence-electron chi connectivity index (χ0n) is 7.94. The molecule has 1 saturated carbocycles. The molecule has 2 rings (SSSR count). The molecule has 0 nitrogen and oxygen atoms in total. The second-order valence-electron chi connectivity index (χ2n) is 3.86. The lowest BCUT2D eigenvalue weighted by molar-refractivity contribution is 0.521. The minimum absolute atomic E-state index is 0.00637. The highest BCUT2D eigenvalue weighted by Gasteiger charge is 2.29. The van der Waals surface area contributed by atoms with Gasteiger partial charge >= 0.3 is 0 Å². The lowest BCUT2D eigenvalue weighted by Crippen LogP contribution is -2.02. The molecule has 0 saturated heterocycles. The van der Waals surface area contributed by atoms with Crippen molar-refractivity contribution >= 4 is 31.9 Å². The Morgan fingerprint density at radius 1 is 1.20 bits per heavy atom. The van der Waals surface area contributed by atoms with E-state index in [1.165, 1.54) is 12.1 Å². The van der Waals surface area contributed by atoms with E-state index in [0.29, 0.717) is 9.30 Å². The van der Waals surface area contributed by atoms with E-state index in [-0.39, 0.29) is 11.5 Å². The third kappa shape index (κ3) is 2.26. The van der Waals surface area contributed by atoms with E-state index in [2.05, 4.69) is 31.9 Å². The van der Waals surface area contributed by atoms with Crippen LogP contribution in [0.25, 0.3) is 0 Å². The quantitative estimate of drug-likeness (QED) is 0.511. The Hall–Kier alpha value is 0.0400. The first-order valence-electron chi connectivity index (χ1n) is 4.87. The van der Waals surface area contributed by atoms with Crippen LogP contribution < -0.4 is 0 Å². The van der Waals surface area contributed by atoms with E-state index >= 15 is 0 Å². The lowest BCUT2D eigenvalue weighted by Gasteiger charge is -2.12. The topological polar surface area (TPSA) is 0 Å². The van der Waals surface area contributed by atoms with Crippen LogP contribution in [0.3, 0.4) is 0 Å². The summed E-state index contributed by atoms with van der Waals surface area (Å²) in [6, 6.07) is 2.73. The molecule has 1 aliphatic rings. The van der Waals surface area contributed by atoms with Gasteiger partial charge in [0, 0.05) is 10.4 Å². The largest absolute Gasteiger partial charge is 0.207 e. The summed E-state index contributed by atoms with van der Waals surface area (Å²) in [5.74, 6) is -0.865. The van der Waals surface area contributed by atoms with E-state index in [4.69, 9.17) is 0 Å². The van der Waals surface area contributed by atoms with Crippen LogP contribution in [0.4, 0.5) is 8.78 Å². The average Bonchev–Trinajstić information content (AvgIpc) is 2.59. The lowest BCUT2D eigenvalue weighted by atomic mass is 9.96. The number of halogens is 4. The predicted octanol–water partition coefficient (Wildman–Crippen LogP) is 4.76. The fourth-order valence-electron chi connectivity index (χ4n) is 2.11. The van der Waals surface area contributed by atoms with Gasteiger partial charge in [-0.3, -0.25) is 0 Å². The van der Waals surface area contributed by atoms with Gasteiger partial charge in [0.2, 0.25) is 0 Å². The summed E-state index contributed by atoms with van der Waals surface area (Å²) < 4.78 is 27.6. The third-order valence-corrected chi connectivity index (χ3v) is 4.30. The van der Waals surface area contributed by atoms with Crippen molar-refractivity contribution in [2.24, 2.45) is 0 Å². The molecule has 1 aromatic carbocycles. The third-order valence-electron chi connectivity index (χ3n) is 2.86. The number of rotatable bonds is 1. The molecule has 1 fully saturated rings. The Morgan fingerprint density at radius 3 is 2.53 bits per heavy atom. The number of hydrogen-bond donors (Lipinski definition) is 0. The molecule has 1 aliphatic carbocycles. The Labute approximate surface area is 104 Å². The molecule has 15 heavy (non-hydrogen) atoms. The molecule has 4 heteroatoms. The molecule has 82 valence electrons. The molecular formula is C11H10Br2F2. The first-order valence-corrected chi connectivity index (χ1v) is 6.58. The molecule has 0 amide bonds. The standard InChI is InChI=1S/C11H10Br2F2/c12-7-2-1-6(5-7)10-9(14)4-3-8(13)11(10)15/h3-4,6-7H,1-2,5H2. The normalized spacial score (nSPS) is 25.9. The van der Waals surface area contributed by atoms with Gasteiger partial charge in [0.15, 0.2) is 0 Å². The van der Waals surface area contributed by atoms with Gasteiger partial charge in [0.25, 0.3) is 0 Å². The first-order chi connectivity index (χ1) is 7.09. The van der Waals surface area contributed by atoms with Crippen LogP contribution in [0.5, 0.6) is 0 Å². The van der Waals surface area contributed by atoms with E-state index < -0.39 is 11.6 Å². The van der Waals surface area contributed by atoms with Crippen LogP contribution >= 0.6 is 31.9 Å². The molecule has 0 bridgehead atoms. The van der Waals surface area contributed by atoms with Crippen LogP contribution in [-0.2, 0) is 0 Å². The number of benzene rings is 1. The summed E-state index contributed by atoms with van der Waals surface area (Å²) in [6.45, 7) is 0. The van der Waals surface area contributed by atoms with Crippen LogP contribution in [-0.4, -0.2) is 4.83 Å². The van der Waals surface area contributed by atoms with Gasteiger partial charge in [-0.2, -0.15) is 0 Å².